The third kappa shape index (κ3) is 2.92. The molecule has 1 atom stereocenters. The number of methoxy groups -OCH3 is 1. The van der Waals surface area contributed by atoms with Crippen molar-refractivity contribution in [2.75, 3.05) is 12.4 Å². The van der Waals surface area contributed by atoms with Gasteiger partial charge in [-0.3, -0.25) is 4.79 Å². The number of cyclic esters (lactones) is 1. The van der Waals surface area contributed by atoms with Crippen molar-refractivity contribution in [1.82, 2.24) is 9.55 Å². The monoisotopic (exact) mass is 460 g/mol. The number of benzene rings is 1. The summed E-state index contributed by atoms with van der Waals surface area (Å²) in [5.74, 6) is -0.320. The summed E-state index contributed by atoms with van der Waals surface area (Å²) in [4.78, 5) is 30.7. The normalized spacial score (nSPS) is 18.2. The second-order valence-corrected chi connectivity index (χ2v) is 8.90. The Kier molecular flexibility index (Phi) is 4.88. The maximum Gasteiger partial charge on any atom is 0.343 e. The first-order chi connectivity index (χ1) is 16.2. The number of fused-ring (bicyclic) bond motifs is 5. The molecule has 3 aromatic rings. The van der Waals surface area contributed by atoms with E-state index in [9.17, 15) is 20.0 Å². The van der Waals surface area contributed by atoms with Gasteiger partial charge in [-0.25, -0.2) is 9.78 Å². The van der Waals surface area contributed by atoms with E-state index in [0.29, 0.717) is 28.2 Å². The molecule has 0 aliphatic carbocycles. The van der Waals surface area contributed by atoms with Crippen molar-refractivity contribution in [3.8, 4) is 23.2 Å². The van der Waals surface area contributed by atoms with Gasteiger partial charge in [0.25, 0.3) is 5.56 Å². The maximum atomic E-state index is 13.5. The van der Waals surface area contributed by atoms with Crippen LogP contribution >= 0.6 is 0 Å². The fourth-order valence-corrected chi connectivity index (χ4v) is 4.82. The first-order valence-corrected chi connectivity index (χ1v) is 11.1. The second kappa shape index (κ2) is 7.57. The van der Waals surface area contributed by atoms with Crippen molar-refractivity contribution in [1.29, 1.82) is 5.26 Å². The van der Waals surface area contributed by atoms with E-state index in [1.165, 1.54) is 7.11 Å². The molecule has 0 bridgehead atoms. The largest absolute Gasteiger partial charge is 0.495 e. The Morgan fingerprint density at radius 3 is 2.74 bits per heavy atom. The average molecular weight is 460 g/mol. The van der Waals surface area contributed by atoms with Crippen LogP contribution in [0, 0.1) is 11.3 Å². The summed E-state index contributed by atoms with van der Waals surface area (Å²) in [7, 11) is 1.51. The molecule has 2 N–H and O–H groups in total. The Morgan fingerprint density at radius 1 is 1.32 bits per heavy atom. The summed E-state index contributed by atoms with van der Waals surface area (Å²) in [6.07, 6.45) is 0.0746. The molecule has 0 saturated heterocycles. The highest BCUT2D eigenvalue weighted by Gasteiger charge is 2.45. The zero-order valence-corrected chi connectivity index (χ0v) is 19.4. The maximum absolute atomic E-state index is 13.5. The molecule has 5 rings (SSSR count). The summed E-state index contributed by atoms with van der Waals surface area (Å²) >= 11 is 0. The van der Waals surface area contributed by atoms with Crippen molar-refractivity contribution in [3.05, 3.63) is 50.8 Å². The van der Waals surface area contributed by atoms with Gasteiger partial charge < -0.3 is 24.5 Å². The Hall–Kier alpha value is -3.90. The zero-order chi connectivity index (χ0) is 24.4. The number of anilines is 1. The Bertz CT molecular complexity index is 1480. The second-order valence-electron chi connectivity index (χ2n) is 8.90. The van der Waals surface area contributed by atoms with Crippen LogP contribution in [0.25, 0.3) is 22.3 Å². The Labute approximate surface area is 195 Å². The van der Waals surface area contributed by atoms with E-state index < -0.39 is 11.6 Å². The van der Waals surface area contributed by atoms with Crippen molar-refractivity contribution in [2.24, 2.45) is 0 Å². The molecule has 4 heterocycles. The van der Waals surface area contributed by atoms with Crippen LogP contribution in [-0.4, -0.2) is 33.8 Å². The molecule has 0 saturated carbocycles. The van der Waals surface area contributed by atoms with Gasteiger partial charge >= 0.3 is 5.97 Å². The molecule has 34 heavy (non-hydrogen) atoms. The van der Waals surface area contributed by atoms with Gasteiger partial charge in [-0.05, 0) is 38.5 Å². The molecule has 1 aromatic carbocycles. The van der Waals surface area contributed by atoms with Gasteiger partial charge in [-0.2, -0.15) is 5.26 Å². The lowest BCUT2D eigenvalue weighted by molar-refractivity contribution is -0.172. The third-order valence-electron chi connectivity index (χ3n) is 6.56. The van der Waals surface area contributed by atoms with Gasteiger partial charge in [-0.1, -0.05) is 6.92 Å². The topological polar surface area (TPSA) is 126 Å². The summed E-state index contributed by atoms with van der Waals surface area (Å²) in [5, 5.41) is 24.9. The van der Waals surface area contributed by atoms with Gasteiger partial charge in [0, 0.05) is 22.6 Å². The summed E-state index contributed by atoms with van der Waals surface area (Å²) in [5.41, 5.74) is 1.97. The minimum Gasteiger partial charge on any atom is -0.495 e. The standard InChI is InChI=1S/C25H24N4O5/c1-5-25(32)17-8-19-22-15(10-29(19)23(30)16(17)11-34-24(25)31)21(27-12(2)3)14-7-20(33-4)13(9-26)6-18(14)28-22/h6-8,12,32H,5,10-11H2,1-4H3,(H,27,28)/t25-/m0/s1. The predicted octanol–water partition coefficient (Wildman–Crippen LogP) is 2.78. The molecule has 2 aliphatic heterocycles. The number of carbonyl (C=O) groups is 1. The zero-order valence-electron chi connectivity index (χ0n) is 19.4. The molecular weight excluding hydrogens is 436 g/mol. The van der Waals surface area contributed by atoms with Crippen molar-refractivity contribution in [3.63, 3.8) is 0 Å². The lowest BCUT2D eigenvalue weighted by Crippen LogP contribution is -2.44. The SMILES string of the molecule is CC[C@@]1(O)C(=O)OCc2c1cc1n(c2=O)Cc2c-1nc1cc(C#N)c(OC)cc1c2NC(C)C. The van der Waals surface area contributed by atoms with Gasteiger partial charge in [-0.15, -0.1) is 0 Å². The molecule has 0 unspecified atom stereocenters. The number of nitriles is 1. The van der Waals surface area contributed by atoms with E-state index in [2.05, 4.69) is 11.4 Å². The molecule has 2 aliphatic rings. The number of esters is 1. The number of aromatic nitrogens is 2. The van der Waals surface area contributed by atoms with Crippen LogP contribution in [0.2, 0.25) is 0 Å². The first-order valence-electron chi connectivity index (χ1n) is 11.1. The highest BCUT2D eigenvalue weighted by molar-refractivity contribution is 5.99. The quantitative estimate of drug-likeness (QED) is 0.445. The highest BCUT2D eigenvalue weighted by Crippen LogP contribution is 2.43. The number of nitrogens with one attached hydrogen (secondary N) is 1. The molecule has 2 aromatic heterocycles. The van der Waals surface area contributed by atoms with E-state index in [1.807, 2.05) is 13.8 Å². The molecule has 0 fully saturated rings. The molecule has 0 spiro atoms. The van der Waals surface area contributed by atoms with Gasteiger partial charge in [0.1, 0.15) is 18.4 Å². The number of nitrogens with zero attached hydrogens (tertiary/aromatic N) is 3. The lowest BCUT2D eigenvalue weighted by atomic mass is 9.86. The molecule has 0 amide bonds. The van der Waals surface area contributed by atoms with Gasteiger partial charge in [0.15, 0.2) is 5.60 Å². The van der Waals surface area contributed by atoms with Crippen LogP contribution in [0.15, 0.2) is 23.0 Å². The Morgan fingerprint density at radius 2 is 2.09 bits per heavy atom. The van der Waals surface area contributed by atoms with E-state index in [0.717, 1.165) is 16.6 Å². The number of hydrogen-bond acceptors (Lipinski definition) is 8. The first kappa shape index (κ1) is 21.9. The number of rotatable bonds is 4. The fourth-order valence-electron chi connectivity index (χ4n) is 4.82. The molecule has 174 valence electrons. The van der Waals surface area contributed by atoms with Crippen LogP contribution in [-0.2, 0) is 28.3 Å². The third-order valence-corrected chi connectivity index (χ3v) is 6.56. The number of ether oxygens (including phenoxy) is 2. The van der Waals surface area contributed by atoms with Gasteiger partial charge in [0.2, 0.25) is 0 Å². The van der Waals surface area contributed by atoms with Crippen LogP contribution < -0.4 is 15.6 Å². The van der Waals surface area contributed by atoms with Crippen molar-refractivity contribution < 1.29 is 19.4 Å². The van der Waals surface area contributed by atoms with Crippen LogP contribution in [0.3, 0.4) is 0 Å². The molecule has 9 heteroatoms. The van der Waals surface area contributed by atoms with E-state index >= 15 is 0 Å². The Balaban J connectivity index is 1.84. The number of carbonyl (C=O) groups excluding carboxylic acids is 1. The van der Waals surface area contributed by atoms with E-state index in [4.69, 9.17) is 14.5 Å². The summed E-state index contributed by atoms with van der Waals surface area (Å²) in [6.45, 7) is 5.78. The minimum atomic E-state index is -1.89. The summed E-state index contributed by atoms with van der Waals surface area (Å²) in [6, 6.07) is 7.35. The van der Waals surface area contributed by atoms with Crippen LogP contribution in [0.1, 0.15) is 49.4 Å². The average Bonchev–Trinajstić information content (AvgIpc) is 3.19. The number of pyridine rings is 2. The van der Waals surface area contributed by atoms with Crippen LogP contribution in [0.4, 0.5) is 5.69 Å². The molecule has 9 nitrogen and oxygen atoms in total. The number of hydrogen-bond donors (Lipinski definition) is 2. The molecular formula is C25H24N4O5. The fraction of sp³-hybridized carbons (Fsp3) is 0.360. The highest BCUT2D eigenvalue weighted by atomic mass is 16.6. The van der Waals surface area contributed by atoms with E-state index in [-0.39, 0.29) is 42.3 Å². The predicted molar refractivity (Wildman–Crippen MR) is 125 cm³/mol. The van der Waals surface area contributed by atoms with Gasteiger partial charge in [0.05, 0.1) is 47.4 Å². The summed E-state index contributed by atoms with van der Waals surface area (Å²) < 4.78 is 12.2. The number of aliphatic hydroxyl groups is 1. The lowest BCUT2D eigenvalue weighted by Gasteiger charge is -2.31. The smallest absolute Gasteiger partial charge is 0.343 e. The van der Waals surface area contributed by atoms with Crippen LogP contribution in [0.5, 0.6) is 5.75 Å². The van der Waals surface area contributed by atoms with Crippen molar-refractivity contribution in [2.45, 2.75) is 52.0 Å². The van der Waals surface area contributed by atoms with E-state index in [1.54, 1.807) is 29.7 Å². The van der Waals surface area contributed by atoms with Crippen molar-refractivity contribution >= 4 is 22.6 Å². The molecule has 0 radical (unpaired) electrons. The minimum absolute atomic E-state index is 0.0746.